The molecule has 1 N–H and O–H groups in total. The molecule has 0 spiro atoms. The molecule has 1 aliphatic rings. The number of rotatable bonds is 4. The molecule has 0 bridgehead atoms. The molecule has 1 saturated heterocycles. The van der Waals surface area contributed by atoms with Crippen molar-refractivity contribution < 1.29 is 9.53 Å². The van der Waals surface area contributed by atoms with E-state index >= 15 is 0 Å². The molecule has 0 unspecified atom stereocenters. The Balaban J connectivity index is 1.71. The number of nitrogens with one attached hydrogen (secondary N) is 1. The predicted octanol–water partition coefficient (Wildman–Crippen LogP) is 2.24. The maximum Gasteiger partial charge on any atom is 0.249 e. The molecule has 5 heteroatoms. The van der Waals surface area contributed by atoms with E-state index in [-0.39, 0.29) is 12.0 Å². The molecule has 112 valence electrons. The number of hydrogen-bond acceptors (Lipinski definition) is 3. The van der Waals surface area contributed by atoms with Crippen LogP contribution in [0.1, 0.15) is 32.0 Å². The van der Waals surface area contributed by atoms with Gasteiger partial charge in [-0.25, -0.2) is 4.98 Å². The van der Waals surface area contributed by atoms with Gasteiger partial charge < -0.3 is 14.6 Å². The summed E-state index contributed by atoms with van der Waals surface area (Å²) in [7, 11) is 0. The lowest BCUT2D eigenvalue weighted by Gasteiger charge is -2.21. The summed E-state index contributed by atoms with van der Waals surface area (Å²) in [6, 6.07) is 8.04. The van der Waals surface area contributed by atoms with Crippen LogP contribution in [0.3, 0.4) is 0 Å². The Labute approximate surface area is 124 Å². The molecule has 1 aromatic carbocycles. The van der Waals surface area contributed by atoms with E-state index in [0.29, 0.717) is 13.2 Å². The van der Waals surface area contributed by atoms with Gasteiger partial charge in [-0.15, -0.1) is 0 Å². The van der Waals surface area contributed by atoms with Gasteiger partial charge in [0.25, 0.3) is 0 Å². The highest BCUT2D eigenvalue weighted by molar-refractivity contribution is 5.81. The smallest absolute Gasteiger partial charge is 0.249 e. The fourth-order valence-electron chi connectivity index (χ4n) is 2.84. The first kappa shape index (κ1) is 14.1. The van der Waals surface area contributed by atoms with Crippen LogP contribution >= 0.6 is 0 Å². The van der Waals surface area contributed by atoms with Gasteiger partial charge in [0.15, 0.2) is 0 Å². The summed E-state index contributed by atoms with van der Waals surface area (Å²) >= 11 is 0. The van der Waals surface area contributed by atoms with E-state index in [1.165, 1.54) is 0 Å². The van der Waals surface area contributed by atoms with Gasteiger partial charge in [-0.3, -0.25) is 4.79 Å². The zero-order valence-electron chi connectivity index (χ0n) is 12.3. The third-order valence-corrected chi connectivity index (χ3v) is 3.94. The van der Waals surface area contributed by atoms with Crippen LogP contribution in [0.2, 0.25) is 0 Å². The lowest BCUT2D eigenvalue weighted by Crippen LogP contribution is -2.38. The van der Waals surface area contributed by atoms with E-state index in [0.717, 1.165) is 42.7 Å². The number of imidazole rings is 1. The number of para-hydroxylation sites is 2. The van der Waals surface area contributed by atoms with Gasteiger partial charge in [0.1, 0.15) is 11.9 Å². The highest BCUT2D eigenvalue weighted by atomic mass is 16.5. The van der Waals surface area contributed by atoms with Crippen molar-refractivity contribution in [3.63, 3.8) is 0 Å². The molecular formula is C16H21N3O2. The molecule has 1 aromatic heterocycles. The predicted molar refractivity (Wildman–Crippen MR) is 80.8 cm³/mol. The second-order valence-electron chi connectivity index (χ2n) is 5.33. The maximum atomic E-state index is 12.1. The Morgan fingerprint density at radius 2 is 2.29 bits per heavy atom. The van der Waals surface area contributed by atoms with Gasteiger partial charge in [0.2, 0.25) is 5.91 Å². The Kier molecular flexibility index (Phi) is 4.20. The number of ether oxygens (including phenoxy) is 1. The molecule has 2 aromatic rings. The summed E-state index contributed by atoms with van der Waals surface area (Å²) in [6.45, 7) is 4.06. The van der Waals surface area contributed by atoms with Crippen molar-refractivity contribution in [2.75, 3.05) is 6.61 Å². The quantitative estimate of drug-likeness (QED) is 0.938. The van der Waals surface area contributed by atoms with E-state index in [1.54, 1.807) is 0 Å². The molecule has 0 aliphatic carbocycles. The highest BCUT2D eigenvalue weighted by Gasteiger charge is 2.22. The summed E-state index contributed by atoms with van der Waals surface area (Å²) in [6.07, 6.45) is 2.63. The summed E-state index contributed by atoms with van der Waals surface area (Å²) in [5.74, 6) is 0.868. The van der Waals surface area contributed by atoms with E-state index in [4.69, 9.17) is 4.74 Å². The zero-order chi connectivity index (χ0) is 14.7. The molecular weight excluding hydrogens is 266 g/mol. The van der Waals surface area contributed by atoms with Crippen LogP contribution in [-0.4, -0.2) is 28.2 Å². The molecule has 1 amide bonds. The van der Waals surface area contributed by atoms with Crippen molar-refractivity contribution in [2.24, 2.45) is 0 Å². The summed E-state index contributed by atoms with van der Waals surface area (Å²) in [4.78, 5) is 16.7. The van der Waals surface area contributed by atoms with E-state index in [9.17, 15) is 4.79 Å². The Bertz CT molecular complexity index is 629. The molecule has 0 radical (unpaired) electrons. The maximum absolute atomic E-state index is 12.1. The minimum Gasteiger partial charge on any atom is -0.368 e. The van der Waals surface area contributed by atoms with Crippen LogP contribution in [-0.2, 0) is 22.6 Å². The topological polar surface area (TPSA) is 56.2 Å². The second kappa shape index (κ2) is 6.26. The first-order chi connectivity index (χ1) is 10.3. The average molecular weight is 287 g/mol. The van der Waals surface area contributed by atoms with Crippen LogP contribution in [0, 0.1) is 0 Å². The molecule has 21 heavy (non-hydrogen) atoms. The number of benzene rings is 1. The molecule has 1 atom stereocenters. The van der Waals surface area contributed by atoms with Gasteiger partial charge in [0, 0.05) is 13.2 Å². The van der Waals surface area contributed by atoms with Crippen molar-refractivity contribution in [1.82, 2.24) is 14.9 Å². The Hall–Kier alpha value is -1.88. The van der Waals surface area contributed by atoms with E-state index in [2.05, 4.69) is 27.9 Å². The van der Waals surface area contributed by atoms with E-state index in [1.807, 2.05) is 18.2 Å². The fourth-order valence-corrected chi connectivity index (χ4v) is 2.84. The number of hydrogen-bond donors (Lipinski definition) is 1. The highest BCUT2D eigenvalue weighted by Crippen LogP contribution is 2.16. The molecule has 0 saturated carbocycles. The number of aryl methyl sites for hydroxylation is 1. The molecule has 2 heterocycles. The van der Waals surface area contributed by atoms with Crippen molar-refractivity contribution in [3.05, 3.63) is 30.1 Å². The van der Waals surface area contributed by atoms with Gasteiger partial charge in [-0.1, -0.05) is 12.1 Å². The second-order valence-corrected chi connectivity index (χ2v) is 5.33. The van der Waals surface area contributed by atoms with Crippen LogP contribution < -0.4 is 5.32 Å². The monoisotopic (exact) mass is 287 g/mol. The third-order valence-electron chi connectivity index (χ3n) is 3.94. The van der Waals surface area contributed by atoms with Crippen LogP contribution in [0.15, 0.2) is 24.3 Å². The van der Waals surface area contributed by atoms with Crippen LogP contribution in [0.25, 0.3) is 11.0 Å². The average Bonchev–Trinajstić information content (AvgIpc) is 2.91. The Morgan fingerprint density at radius 3 is 3.05 bits per heavy atom. The number of carbonyl (C=O) groups is 1. The number of aromatic nitrogens is 2. The third kappa shape index (κ3) is 2.93. The number of fused-ring (bicyclic) bond motifs is 1. The Morgan fingerprint density at radius 1 is 1.43 bits per heavy atom. The van der Waals surface area contributed by atoms with Gasteiger partial charge >= 0.3 is 0 Å². The van der Waals surface area contributed by atoms with Crippen molar-refractivity contribution in [2.45, 2.75) is 45.4 Å². The van der Waals surface area contributed by atoms with Crippen molar-refractivity contribution >= 4 is 16.9 Å². The van der Waals surface area contributed by atoms with Crippen molar-refractivity contribution in [1.29, 1.82) is 0 Å². The first-order valence-corrected chi connectivity index (χ1v) is 7.63. The standard InChI is InChI=1S/C16H21N3O2/c1-2-19-13-8-4-3-7-12(13)18-15(19)11-17-16(20)14-9-5-6-10-21-14/h3-4,7-8,14H,2,5-6,9-11H2,1H3,(H,17,20)/t14-/m1/s1. The number of nitrogens with zero attached hydrogens (tertiary/aromatic N) is 2. The molecule has 5 nitrogen and oxygen atoms in total. The lowest BCUT2D eigenvalue weighted by atomic mass is 10.1. The fraction of sp³-hybridized carbons (Fsp3) is 0.500. The first-order valence-electron chi connectivity index (χ1n) is 7.63. The minimum atomic E-state index is -0.293. The number of carbonyl (C=O) groups excluding carboxylic acids is 1. The normalized spacial score (nSPS) is 18.8. The lowest BCUT2D eigenvalue weighted by molar-refractivity contribution is -0.135. The summed E-state index contributed by atoms with van der Waals surface area (Å²) < 4.78 is 7.64. The summed E-state index contributed by atoms with van der Waals surface area (Å²) in [5, 5.41) is 2.96. The van der Waals surface area contributed by atoms with Crippen LogP contribution in [0.5, 0.6) is 0 Å². The molecule has 1 fully saturated rings. The largest absolute Gasteiger partial charge is 0.368 e. The zero-order valence-corrected chi connectivity index (χ0v) is 12.3. The van der Waals surface area contributed by atoms with Crippen LogP contribution in [0.4, 0.5) is 0 Å². The molecule has 3 rings (SSSR count). The van der Waals surface area contributed by atoms with Crippen molar-refractivity contribution in [3.8, 4) is 0 Å². The van der Waals surface area contributed by atoms with Gasteiger partial charge in [-0.2, -0.15) is 0 Å². The number of amides is 1. The summed E-state index contributed by atoms with van der Waals surface area (Å²) in [5.41, 5.74) is 2.08. The molecule has 1 aliphatic heterocycles. The van der Waals surface area contributed by atoms with Gasteiger partial charge in [-0.05, 0) is 38.3 Å². The van der Waals surface area contributed by atoms with Gasteiger partial charge in [0.05, 0.1) is 17.6 Å². The SMILES string of the molecule is CCn1c(CNC(=O)[C@H]2CCCCO2)nc2ccccc21. The van der Waals surface area contributed by atoms with E-state index < -0.39 is 0 Å². The minimum absolute atomic E-state index is 0.0237.